The van der Waals surface area contributed by atoms with Gasteiger partial charge in [0.2, 0.25) is 0 Å². The lowest BCUT2D eigenvalue weighted by Crippen LogP contribution is -1.87. The molecule has 0 unspecified atom stereocenters. The van der Waals surface area contributed by atoms with Gasteiger partial charge in [-0.25, -0.2) is 0 Å². The molecule has 0 radical (unpaired) electrons. The molecule has 26 heavy (non-hydrogen) atoms. The van der Waals surface area contributed by atoms with Crippen LogP contribution >= 0.6 is 0 Å². The van der Waals surface area contributed by atoms with Crippen molar-refractivity contribution in [2.24, 2.45) is 0 Å². The summed E-state index contributed by atoms with van der Waals surface area (Å²) in [6.07, 6.45) is 0. The van der Waals surface area contributed by atoms with Gasteiger partial charge in [0.05, 0.1) is 0 Å². The number of benzene rings is 5. The molecule has 5 aromatic rings. The SMILES string of the molecule is Cc1ccc(Oc2cccc3cc4cc5ccccc5cc4cc23)cc1. The fraction of sp³-hybridized carbons (Fsp3) is 0.0400. The van der Waals surface area contributed by atoms with Crippen LogP contribution in [-0.4, -0.2) is 0 Å². The predicted octanol–water partition coefficient (Wildman–Crippen LogP) is 7.25. The van der Waals surface area contributed by atoms with Crippen molar-refractivity contribution in [3.8, 4) is 11.5 Å². The van der Waals surface area contributed by atoms with Crippen molar-refractivity contribution in [1.82, 2.24) is 0 Å². The summed E-state index contributed by atoms with van der Waals surface area (Å²) >= 11 is 0. The molecule has 0 N–H and O–H groups in total. The lowest BCUT2D eigenvalue weighted by molar-refractivity contribution is 0.488. The standard InChI is InChI=1S/C25H18O/c1-17-9-11-23(12-10-17)26-25-8-4-7-20-15-21-13-18-5-2-3-6-19(18)14-22(21)16-24(20)25/h2-16H,1H3. The Labute approximate surface area is 152 Å². The van der Waals surface area contributed by atoms with E-state index in [1.54, 1.807) is 0 Å². The summed E-state index contributed by atoms with van der Waals surface area (Å²) in [6.45, 7) is 2.08. The lowest BCUT2D eigenvalue weighted by Gasteiger charge is -2.11. The molecular weight excluding hydrogens is 316 g/mol. The van der Waals surface area contributed by atoms with Crippen LogP contribution in [0.3, 0.4) is 0 Å². The molecule has 0 spiro atoms. The average Bonchev–Trinajstić information content (AvgIpc) is 2.67. The molecule has 0 aliphatic carbocycles. The van der Waals surface area contributed by atoms with Crippen molar-refractivity contribution in [1.29, 1.82) is 0 Å². The van der Waals surface area contributed by atoms with Crippen molar-refractivity contribution < 1.29 is 4.74 Å². The van der Waals surface area contributed by atoms with Crippen molar-refractivity contribution in [2.75, 3.05) is 0 Å². The number of aryl methyl sites for hydroxylation is 1. The van der Waals surface area contributed by atoms with Gasteiger partial charge in [-0.05, 0) is 76.3 Å². The first kappa shape index (κ1) is 15.0. The van der Waals surface area contributed by atoms with Gasteiger partial charge < -0.3 is 4.74 Å². The quantitative estimate of drug-likeness (QED) is 0.309. The van der Waals surface area contributed by atoms with E-state index in [9.17, 15) is 0 Å². The van der Waals surface area contributed by atoms with E-state index in [1.807, 2.05) is 18.2 Å². The van der Waals surface area contributed by atoms with Gasteiger partial charge in [0, 0.05) is 5.39 Å². The molecule has 0 bridgehead atoms. The van der Waals surface area contributed by atoms with Gasteiger partial charge in [0.1, 0.15) is 11.5 Å². The lowest BCUT2D eigenvalue weighted by atomic mass is 9.99. The van der Waals surface area contributed by atoms with Crippen LogP contribution in [0.25, 0.3) is 32.3 Å². The topological polar surface area (TPSA) is 9.23 Å². The van der Waals surface area contributed by atoms with Crippen LogP contribution in [0.4, 0.5) is 0 Å². The van der Waals surface area contributed by atoms with Crippen molar-refractivity contribution in [3.63, 3.8) is 0 Å². The van der Waals surface area contributed by atoms with Crippen LogP contribution in [0.15, 0.2) is 91.0 Å². The van der Waals surface area contributed by atoms with Crippen LogP contribution in [0, 0.1) is 6.92 Å². The van der Waals surface area contributed by atoms with Gasteiger partial charge in [0.25, 0.3) is 0 Å². The first-order chi connectivity index (χ1) is 12.8. The zero-order valence-electron chi connectivity index (χ0n) is 14.6. The number of hydrogen-bond acceptors (Lipinski definition) is 1. The zero-order chi connectivity index (χ0) is 17.5. The Bertz CT molecular complexity index is 1250. The smallest absolute Gasteiger partial charge is 0.135 e. The van der Waals surface area contributed by atoms with E-state index >= 15 is 0 Å². The molecule has 0 heterocycles. The second kappa shape index (κ2) is 5.89. The van der Waals surface area contributed by atoms with Crippen LogP contribution < -0.4 is 4.74 Å². The highest BCUT2D eigenvalue weighted by Gasteiger charge is 2.06. The summed E-state index contributed by atoms with van der Waals surface area (Å²) in [6, 6.07) is 31.9. The molecule has 0 saturated heterocycles. The van der Waals surface area contributed by atoms with E-state index in [4.69, 9.17) is 4.74 Å². The summed E-state index contributed by atoms with van der Waals surface area (Å²) in [4.78, 5) is 0. The minimum Gasteiger partial charge on any atom is -0.457 e. The van der Waals surface area contributed by atoms with Crippen LogP contribution in [0.1, 0.15) is 5.56 Å². The van der Waals surface area contributed by atoms with E-state index in [1.165, 1.54) is 32.5 Å². The summed E-state index contributed by atoms with van der Waals surface area (Å²) < 4.78 is 6.18. The zero-order valence-corrected chi connectivity index (χ0v) is 14.6. The van der Waals surface area contributed by atoms with Gasteiger partial charge in [-0.2, -0.15) is 0 Å². The van der Waals surface area contributed by atoms with Crippen LogP contribution in [-0.2, 0) is 0 Å². The second-order valence-electron chi connectivity index (χ2n) is 6.79. The van der Waals surface area contributed by atoms with E-state index in [-0.39, 0.29) is 0 Å². The number of fused-ring (bicyclic) bond motifs is 3. The monoisotopic (exact) mass is 334 g/mol. The fourth-order valence-electron chi connectivity index (χ4n) is 3.51. The number of ether oxygens (including phenoxy) is 1. The van der Waals surface area contributed by atoms with E-state index in [0.717, 1.165) is 16.9 Å². The molecule has 1 heteroatoms. The molecule has 0 atom stereocenters. The van der Waals surface area contributed by atoms with Gasteiger partial charge in [-0.15, -0.1) is 0 Å². The third-order valence-electron chi connectivity index (χ3n) is 4.91. The molecular formula is C25H18O. The predicted molar refractivity (Wildman–Crippen MR) is 110 cm³/mol. The normalized spacial score (nSPS) is 11.3. The Morgan fingerprint density at radius 3 is 1.88 bits per heavy atom. The fourth-order valence-corrected chi connectivity index (χ4v) is 3.51. The van der Waals surface area contributed by atoms with Gasteiger partial charge >= 0.3 is 0 Å². The Balaban J connectivity index is 1.70. The highest BCUT2D eigenvalue weighted by atomic mass is 16.5. The van der Waals surface area contributed by atoms with E-state index in [2.05, 4.69) is 79.7 Å². The van der Waals surface area contributed by atoms with E-state index in [0.29, 0.717) is 0 Å². The molecule has 0 amide bonds. The van der Waals surface area contributed by atoms with Gasteiger partial charge in [-0.3, -0.25) is 0 Å². The Kier molecular flexibility index (Phi) is 3.39. The Morgan fingerprint density at radius 1 is 0.538 bits per heavy atom. The molecule has 0 aliphatic heterocycles. The van der Waals surface area contributed by atoms with Crippen molar-refractivity contribution in [3.05, 3.63) is 96.6 Å². The van der Waals surface area contributed by atoms with Gasteiger partial charge in [0.15, 0.2) is 0 Å². The molecule has 0 fully saturated rings. The maximum Gasteiger partial charge on any atom is 0.135 e. The number of rotatable bonds is 2. The molecule has 0 saturated carbocycles. The summed E-state index contributed by atoms with van der Waals surface area (Å²) in [5.74, 6) is 1.75. The highest BCUT2D eigenvalue weighted by molar-refractivity contribution is 6.06. The van der Waals surface area contributed by atoms with Gasteiger partial charge in [-0.1, -0.05) is 54.1 Å². The average molecular weight is 334 g/mol. The summed E-state index contributed by atoms with van der Waals surface area (Å²) in [5, 5.41) is 7.34. The summed E-state index contributed by atoms with van der Waals surface area (Å²) in [7, 11) is 0. The molecule has 5 rings (SSSR count). The maximum atomic E-state index is 6.18. The molecule has 124 valence electrons. The highest BCUT2D eigenvalue weighted by Crippen LogP contribution is 2.34. The Morgan fingerprint density at radius 2 is 1.15 bits per heavy atom. The first-order valence-corrected chi connectivity index (χ1v) is 8.86. The number of hydrogen-bond donors (Lipinski definition) is 0. The Hall–Kier alpha value is -3.32. The van der Waals surface area contributed by atoms with E-state index < -0.39 is 0 Å². The maximum absolute atomic E-state index is 6.18. The third kappa shape index (κ3) is 2.58. The van der Waals surface area contributed by atoms with Crippen LogP contribution in [0.5, 0.6) is 11.5 Å². The second-order valence-corrected chi connectivity index (χ2v) is 6.79. The molecule has 5 aromatic carbocycles. The molecule has 0 aliphatic rings. The largest absolute Gasteiger partial charge is 0.457 e. The minimum atomic E-state index is 0.863. The third-order valence-corrected chi connectivity index (χ3v) is 4.91. The first-order valence-electron chi connectivity index (χ1n) is 8.86. The molecule has 0 aromatic heterocycles. The molecule has 1 nitrogen and oxygen atoms in total. The van der Waals surface area contributed by atoms with Crippen molar-refractivity contribution in [2.45, 2.75) is 6.92 Å². The summed E-state index contributed by atoms with van der Waals surface area (Å²) in [5.41, 5.74) is 1.23. The minimum absolute atomic E-state index is 0.863. The van der Waals surface area contributed by atoms with Crippen LogP contribution in [0.2, 0.25) is 0 Å². The van der Waals surface area contributed by atoms with Crippen molar-refractivity contribution >= 4 is 32.3 Å².